The molecule has 1 saturated heterocycles. The third kappa shape index (κ3) is 8.00. The molecule has 0 saturated carbocycles. The van der Waals surface area contributed by atoms with E-state index in [0.717, 1.165) is 31.5 Å². The number of hydrogen-bond acceptors (Lipinski definition) is 4. The van der Waals surface area contributed by atoms with Crippen LogP contribution in [0, 0.1) is 5.92 Å². The normalized spacial score (nSPS) is 16.6. The Morgan fingerprint density at radius 2 is 1.86 bits per heavy atom. The van der Waals surface area contributed by atoms with Crippen molar-refractivity contribution in [3.05, 3.63) is 18.2 Å². The monoisotopic (exact) mass is 416 g/mol. The Labute approximate surface area is 170 Å². The van der Waals surface area contributed by atoms with Gasteiger partial charge in [-0.05, 0) is 57.3 Å². The number of methoxy groups -OCH3 is 2. The molecule has 0 radical (unpaired) electrons. The molecule has 1 aliphatic rings. The van der Waals surface area contributed by atoms with Crippen molar-refractivity contribution in [1.82, 2.24) is 10.2 Å². The summed E-state index contributed by atoms with van der Waals surface area (Å²) in [4.78, 5) is 6.10. The smallest absolute Gasteiger partial charge is 0.401 e. The SMILES string of the molecule is CCNC(=NCCC1CCN(CC(F)(F)F)CC1)Nc1ccc(OC)c(OC)c1. The van der Waals surface area contributed by atoms with Gasteiger partial charge in [-0.25, -0.2) is 0 Å². The third-order valence-electron chi connectivity index (χ3n) is 4.91. The number of hydrogen-bond donors (Lipinski definition) is 2. The second kappa shape index (κ2) is 11.1. The van der Waals surface area contributed by atoms with Gasteiger partial charge in [0.2, 0.25) is 0 Å². The van der Waals surface area contributed by atoms with E-state index in [9.17, 15) is 13.2 Å². The average Bonchev–Trinajstić information content (AvgIpc) is 2.68. The third-order valence-corrected chi connectivity index (χ3v) is 4.91. The van der Waals surface area contributed by atoms with Gasteiger partial charge < -0.3 is 20.1 Å². The molecule has 0 aromatic heterocycles. The maximum Gasteiger partial charge on any atom is 0.401 e. The first kappa shape index (κ1) is 23.1. The molecule has 0 atom stereocenters. The lowest BCUT2D eigenvalue weighted by atomic mass is 9.93. The van der Waals surface area contributed by atoms with Crippen LogP contribution in [-0.4, -0.2) is 64.0 Å². The van der Waals surface area contributed by atoms with Gasteiger partial charge in [0.15, 0.2) is 17.5 Å². The molecule has 164 valence electrons. The van der Waals surface area contributed by atoms with Gasteiger partial charge in [-0.1, -0.05) is 0 Å². The number of rotatable bonds is 8. The molecule has 1 aliphatic heterocycles. The van der Waals surface area contributed by atoms with Gasteiger partial charge in [0.05, 0.1) is 20.8 Å². The van der Waals surface area contributed by atoms with E-state index in [1.807, 2.05) is 25.1 Å². The van der Waals surface area contributed by atoms with Crippen LogP contribution >= 0.6 is 0 Å². The van der Waals surface area contributed by atoms with Crippen LogP contribution in [0.5, 0.6) is 11.5 Å². The van der Waals surface area contributed by atoms with Gasteiger partial charge in [-0.15, -0.1) is 0 Å². The van der Waals surface area contributed by atoms with E-state index in [4.69, 9.17) is 9.47 Å². The van der Waals surface area contributed by atoms with Crippen LogP contribution in [0.25, 0.3) is 0 Å². The van der Waals surface area contributed by atoms with Crippen LogP contribution in [0.1, 0.15) is 26.2 Å². The molecule has 29 heavy (non-hydrogen) atoms. The van der Waals surface area contributed by atoms with Crippen molar-refractivity contribution in [2.45, 2.75) is 32.4 Å². The minimum Gasteiger partial charge on any atom is -0.493 e. The minimum absolute atomic E-state index is 0.409. The van der Waals surface area contributed by atoms with E-state index in [0.29, 0.717) is 43.0 Å². The highest BCUT2D eigenvalue weighted by Gasteiger charge is 2.32. The van der Waals surface area contributed by atoms with Crippen molar-refractivity contribution < 1.29 is 22.6 Å². The first-order chi connectivity index (χ1) is 13.8. The summed E-state index contributed by atoms with van der Waals surface area (Å²) in [6.45, 7) is 3.51. The lowest BCUT2D eigenvalue weighted by Crippen LogP contribution is -2.40. The van der Waals surface area contributed by atoms with Crippen molar-refractivity contribution in [1.29, 1.82) is 0 Å². The molecule has 0 aliphatic carbocycles. The number of ether oxygens (including phenoxy) is 2. The Hall–Kier alpha value is -2.16. The van der Waals surface area contributed by atoms with Crippen LogP contribution in [-0.2, 0) is 0 Å². The molecule has 2 rings (SSSR count). The molecule has 0 spiro atoms. The van der Waals surface area contributed by atoms with Crippen molar-refractivity contribution >= 4 is 11.6 Å². The Morgan fingerprint density at radius 1 is 1.17 bits per heavy atom. The predicted molar refractivity (Wildman–Crippen MR) is 109 cm³/mol. The number of nitrogens with zero attached hydrogens (tertiary/aromatic N) is 2. The molecule has 6 nitrogen and oxygen atoms in total. The molecule has 1 aromatic rings. The van der Waals surface area contributed by atoms with Crippen molar-refractivity contribution in [3.63, 3.8) is 0 Å². The zero-order chi connectivity index (χ0) is 21.3. The van der Waals surface area contributed by atoms with Crippen LogP contribution in [0.15, 0.2) is 23.2 Å². The van der Waals surface area contributed by atoms with Gasteiger partial charge in [-0.2, -0.15) is 13.2 Å². The highest BCUT2D eigenvalue weighted by Crippen LogP contribution is 2.29. The summed E-state index contributed by atoms with van der Waals surface area (Å²) < 4.78 is 48.0. The largest absolute Gasteiger partial charge is 0.493 e. The van der Waals surface area contributed by atoms with Crippen molar-refractivity contribution in [3.8, 4) is 11.5 Å². The molecular weight excluding hydrogens is 385 g/mol. The number of likely N-dealkylation sites (tertiary alicyclic amines) is 1. The summed E-state index contributed by atoms with van der Waals surface area (Å²) in [5.41, 5.74) is 0.822. The molecule has 0 amide bonds. The molecule has 0 unspecified atom stereocenters. The summed E-state index contributed by atoms with van der Waals surface area (Å²) in [5, 5.41) is 6.45. The van der Waals surface area contributed by atoms with Crippen LogP contribution < -0.4 is 20.1 Å². The fraction of sp³-hybridized carbons (Fsp3) is 0.650. The fourth-order valence-corrected chi connectivity index (χ4v) is 3.40. The van der Waals surface area contributed by atoms with Gasteiger partial charge in [-0.3, -0.25) is 9.89 Å². The highest BCUT2D eigenvalue weighted by molar-refractivity contribution is 5.93. The molecule has 1 aromatic carbocycles. The zero-order valence-corrected chi connectivity index (χ0v) is 17.3. The second-order valence-electron chi connectivity index (χ2n) is 7.08. The number of alkyl halides is 3. The lowest BCUT2D eigenvalue weighted by Gasteiger charge is -2.32. The van der Waals surface area contributed by atoms with Crippen LogP contribution in [0.3, 0.4) is 0 Å². The Morgan fingerprint density at radius 3 is 2.45 bits per heavy atom. The second-order valence-corrected chi connectivity index (χ2v) is 7.08. The molecule has 0 bridgehead atoms. The first-order valence-electron chi connectivity index (χ1n) is 9.91. The zero-order valence-electron chi connectivity index (χ0n) is 17.3. The van der Waals surface area contributed by atoms with Crippen LogP contribution in [0.2, 0.25) is 0 Å². The van der Waals surface area contributed by atoms with E-state index in [-0.39, 0.29) is 0 Å². The number of piperidine rings is 1. The summed E-state index contributed by atoms with van der Waals surface area (Å²) in [5.74, 6) is 2.34. The number of guanidine groups is 1. The number of aliphatic imine (C=N–C) groups is 1. The molecule has 9 heteroatoms. The van der Waals surface area contributed by atoms with Crippen LogP contribution in [0.4, 0.5) is 18.9 Å². The predicted octanol–water partition coefficient (Wildman–Crippen LogP) is 3.75. The minimum atomic E-state index is -4.12. The van der Waals surface area contributed by atoms with Gasteiger partial charge in [0.25, 0.3) is 0 Å². The average molecular weight is 416 g/mol. The van der Waals surface area contributed by atoms with E-state index >= 15 is 0 Å². The standard InChI is InChI=1S/C20H31F3N4O2/c1-4-24-19(26-16-5-6-17(28-2)18(13-16)29-3)25-10-7-15-8-11-27(12-9-15)14-20(21,22)23/h5-6,13,15H,4,7-12,14H2,1-3H3,(H2,24,25,26). The van der Waals surface area contributed by atoms with E-state index in [1.165, 1.54) is 4.90 Å². The Bertz CT molecular complexity index is 660. The van der Waals surface area contributed by atoms with E-state index in [1.54, 1.807) is 14.2 Å². The number of nitrogens with one attached hydrogen (secondary N) is 2. The summed E-state index contributed by atoms with van der Waals surface area (Å²) in [6.07, 6.45) is -1.69. The van der Waals surface area contributed by atoms with E-state index < -0.39 is 12.7 Å². The Balaban J connectivity index is 1.85. The quantitative estimate of drug-likeness (QED) is 0.499. The maximum atomic E-state index is 12.5. The summed E-state index contributed by atoms with van der Waals surface area (Å²) in [7, 11) is 3.17. The Kier molecular flexibility index (Phi) is 8.88. The van der Waals surface area contributed by atoms with Gasteiger partial charge >= 0.3 is 6.18 Å². The maximum absolute atomic E-state index is 12.5. The summed E-state index contributed by atoms with van der Waals surface area (Å²) in [6, 6.07) is 5.53. The topological polar surface area (TPSA) is 58.1 Å². The number of halogens is 3. The molecular formula is C20H31F3N4O2. The molecule has 1 fully saturated rings. The lowest BCUT2D eigenvalue weighted by molar-refractivity contribution is -0.148. The van der Waals surface area contributed by atoms with E-state index in [2.05, 4.69) is 15.6 Å². The van der Waals surface area contributed by atoms with Gasteiger partial charge in [0, 0.05) is 24.8 Å². The number of benzene rings is 1. The first-order valence-corrected chi connectivity index (χ1v) is 9.91. The fourth-order valence-electron chi connectivity index (χ4n) is 3.40. The summed E-state index contributed by atoms with van der Waals surface area (Å²) >= 11 is 0. The van der Waals surface area contributed by atoms with Crippen molar-refractivity contribution in [2.75, 3.05) is 52.3 Å². The highest BCUT2D eigenvalue weighted by atomic mass is 19.4. The van der Waals surface area contributed by atoms with Gasteiger partial charge in [0.1, 0.15) is 0 Å². The molecule has 2 N–H and O–H groups in total. The van der Waals surface area contributed by atoms with Crippen molar-refractivity contribution in [2.24, 2.45) is 10.9 Å². The molecule has 1 heterocycles. The number of anilines is 1.